The van der Waals surface area contributed by atoms with E-state index in [4.69, 9.17) is 4.74 Å². The van der Waals surface area contributed by atoms with Crippen molar-refractivity contribution in [3.8, 4) is 0 Å². The maximum absolute atomic E-state index is 9.39. The topological polar surface area (TPSA) is 29.5 Å². The first-order chi connectivity index (χ1) is 4.12. The smallest absolute Gasteiger partial charge is 0.0851 e. The fourth-order valence-electron chi connectivity index (χ4n) is 0.922. The largest absolute Gasteiger partial charge is 0.388 e. The summed E-state index contributed by atoms with van der Waals surface area (Å²) in [5.41, 5.74) is -0.622. The van der Waals surface area contributed by atoms with Crippen molar-refractivity contribution in [2.24, 2.45) is 0 Å². The molecule has 0 rings (SSSR count). The number of hydrogen-bond donors (Lipinski definition) is 1. The second-order valence-corrected chi connectivity index (χ2v) is 2.68. The normalized spacial score (nSPS) is 17.3. The van der Waals surface area contributed by atoms with Crippen LogP contribution in [0.4, 0.5) is 0 Å². The maximum Gasteiger partial charge on any atom is 0.0851 e. The van der Waals surface area contributed by atoms with Gasteiger partial charge in [0.05, 0.1) is 12.2 Å². The van der Waals surface area contributed by atoms with E-state index in [1.54, 1.807) is 14.0 Å². The van der Waals surface area contributed by atoms with E-state index in [9.17, 15) is 5.11 Å². The van der Waals surface area contributed by atoms with Crippen molar-refractivity contribution in [1.29, 1.82) is 0 Å². The molecule has 9 heavy (non-hydrogen) atoms. The summed E-state index contributed by atoms with van der Waals surface area (Å²) in [7, 11) is 1.60. The molecule has 1 N–H and O–H groups in total. The highest BCUT2D eigenvalue weighted by atomic mass is 16.5. The highest BCUT2D eigenvalue weighted by Crippen LogP contribution is 2.10. The van der Waals surface area contributed by atoms with Crippen LogP contribution in [0.25, 0.3) is 0 Å². The SMILES string of the molecule is CCCC(C)(O)COC. The van der Waals surface area contributed by atoms with Gasteiger partial charge in [-0.3, -0.25) is 0 Å². The second kappa shape index (κ2) is 3.85. The third kappa shape index (κ3) is 4.43. The van der Waals surface area contributed by atoms with Crippen molar-refractivity contribution in [3.05, 3.63) is 0 Å². The van der Waals surface area contributed by atoms with Crippen molar-refractivity contribution in [1.82, 2.24) is 0 Å². The van der Waals surface area contributed by atoms with Gasteiger partial charge in [0.2, 0.25) is 0 Å². The van der Waals surface area contributed by atoms with Gasteiger partial charge >= 0.3 is 0 Å². The van der Waals surface area contributed by atoms with E-state index in [1.807, 2.05) is 6.92 Å². The van der Waals surface area contributed by atoms with Gasteiger partial charge in [-0.2, -0.15) is 0 Å². The molecule has 1 unspecified atom stereocenters. The number of methoxy groups -OCH3 is 1. The van der Waals surface area contributed by atoms with Gasteiger partial charge in [0.15, 0.2) is 0 Å². The molecule has 0 saturated heterocycles. The average molecular weight is 132 g/mol. The molecule has 0 amide bonds. The fourth-order valence-corrected chi connectivity index (χ4v) is 0.922. The summed E-state index contributed by atoms with van der Waals surface area (Å²) in [4.78, 5) is 0. The van der Waals surface area contributed by atoms with E-state index >= 15 is 0 Å². The molecule has 0 aromatic heterocycles. The van der Waals surface area contributed by atoms with Gasteiger partial charge in [0.1, 0.15) is 0 Å². The summed E-state index contributed by atoms with van der Waals surface area (Å²) in [6, 6.07) is 0. The second-order valence-electron chi connectivity index (χ2n) is 2.68. The Kier molecular flexibility index (Phi) is 3.82. The standard InChI is InChI=1S/C7H16O2/c1-4-5-7(2,8)6-9-3/h8H,4-6H2,1-3H3. The molecule has 2 nitrogen and oxygen atoms in total. The van der Waals surface area contributed by atoms with Crippen molar-refractivity contribution in [3.63, 3.8) is 0 Å². The average Bonchev–Trinajstić information content (AvgIpc) is 1.64. The monoisotopic (exact) mass is 132 g/mol. The lowest BCUT2D eigenvalue weighted by Crippen LogP contribution is -2.29. The molecule has 0 aliphatic heterocycles. The van der Waals surface area contributed by atoms with E-state index in [1.165, 1.54) is 0 Å². The number of rotatable bonds is 4. The van der Waals surface area contributed by atoms with Gasteiger partial charge < -0.3 is 9.84 Å². The number of hydrogen-bond acceptors (Lipinski definition) is 2. The zero-order valence-electron chi connectivity index (χ0n) is 6.48. The van der Waals surface area contributed by atoms with Crippen molar-refractivity contribution in [2.75, 3.05) is 13.7 Å². The molecule has 0 heterocycles. The summed E-state index contributed by atoms with van der Waals surface area (Å²) in [6.07, 6.45) is 1.80. The van der Waals surface area contributed by atoms with Gasteiger partial charge in [-0.05, 0) is 13.3 Å². The van der Waals surface area contributed by atoms with Crippen LogP contribution in [-0.4, -0.2) is 24.4 Å². The first-order valence-electron chi connectivity index (χ1n) is 3.33. The molecule has 1 atom stereocenters. The first kappa shape index (κ1) is 8.92. The highest BCUT2D eigenvalue weighted by Gasteiger charge is 2.17. The van der Waals surface area contributed by atoms with E-state index in [0.717, 1.165) is 12.8 Å². The van der Waals surface area contributed by atoms with Crippen molar-refractivity contribution in [2.45, 2.75) is 32.3 Å². The molecule has 0 aromatic carbocycles. The predicted octanol–water partition coefficient (Wildman–Crippen LogP) is 1.18. The predicted molar refractivity (Wildman–Crippen MR) is 37.4 cm³/mol. The van der Waals surface area contributed by atoms with Crippen LogP contribution >= 0.6 is 0 Å². The third-order valence-electron chi connectivity index (χ3n) is 1.24. The molecular weight excluding hydrogens is 116 g/mol. The van der Waals surface area contributed by atoms with E-state index < -0.39 is 5.60 Å². The first-order valence-corrected chi connectivity index (χ1v) is 3.33. The van der Waals surface area contributed by atoms with Gasteiger partial charge in [-0.25, -0.2) is 0 Å². The lowest BCUT2D eigenvalue weighted by molar-refractivity contribution is -0.0229. The molecule has 0 aliphatic rings. The van der Waals surface area contributed by atoms with Crippen LogP contribution in [0.5, 0.6) is 0 Å². The van der Waals surface area contributed by atoms with Gasteiger partial charge in [-0.15, -0.1) is 0 Å². The summed E-state index contributed by atoms with van der Waals surface area (Å²) in [6.45, 7) is 4.27. The summed E-state index contributed by atoms with van der Waals surface area (Å²) < 4.78 is 4.81. The Balaban J connectivity index is 3.43. The molecule has 0 fully saturated rings. The molecular formula is C7H16O2. The number of aliphatic hydroxyl groups is 1. The van der Waals surface area contributed by atoms with Crippen LogP contribution in [0.15, 0.2) is 0 Å². The molecule has 0 spiro atoms. The maximum atomic E-state index is 9.39. The molecule has 0 aromatic rings. The zero-order valence-corrected chi connectivity index (χ0v) is 6.48. The molecule has 2 heteroatoms. The van der Waals surface area contributed by atoms with Crippen LogP contribution in [-0.2, 0) is 4.74 Å². The Morgan fingerprint density at radius 2 is 2.11 bits per heavy atom. The minimum Gasteiger partial charge on any atom is -0.388 e. The molecule has 0 saturated carbocycles. The molecule has 0 radical (unpaired) electrons. The minimum atomic E-state index is -0.622. The molecule has 0 bridgehead atoms. The number of ether oxygens (including phenoxy) is 1. The fraction of sp³-hybridized carbons (Fsp3) is 1.00. The summed E-state index contributed by atoms with van der Waals surface area (Å²) >= 11 is 0. The van der Waals surface area contributed by atoms with E-state index in [2.05, 4.69) is 0 Å². The van der Waals surface area contributed by atoms with Crippen LogP contribution in [0.1, 0.15) is 26.7 Å². The van der Waals surface area contributed by atoms with Crippen LogP contribution in [0.3, 0.4) is 0 Å². The Morgan fingerprint density at radius 1 is 1.56 bits per heavy atom. The Bertz CT molecular complexity index is 61.3. The van der Waals surface area contributed by atoms with Gasteiger partial charge in [-0.1, -0.05) is 13.3 Å². The van der Waals surface area contributed by atoms with Crippen molar-refractivity contribution < 1.29 is 9.84 Å². The molecule has 0 aliphatic carbocycles. The van der Waals surface area contributed by atoms with Gasteiger partial charge in [0, 0.05) is 7.11 Å². The minimum absolute atomic E-state index is 0.431. The lowest BCUT2D eigenvalue weighted by atomic mass is 10.0. The quantitative estimate of drug-likeness (QED) is 0.622. The zero-order chi connectivity index (χ0) is 7.33. The van der Waals surface area contributed by atoms with Crippen LogP contribution in [0, 0.1) is 0 Å². The Labute approximate surface area is 56.8 Å². The Hall–Kier alpha value is -0.0800. The van der Waals surface area contributed by atoms with E-state index in [-0.39, 0.29) is 0 Å². The van der Waals surface area contributed by atoms with E-state index in [0.29, 0.717) is 6.61 Å². The summed E-state index contributed by atoms with van der Waals surface area (Å²) in [5, 5.41) is 9.39. The van der Waals surface area contributed by atoms with Gasteiger partial charge in [0.25, 0.3) is 0 Å². The highest BCUT2D eigenvalue weighted by molar-refractivity contribution is 4.69. The van der Waals surface area contributed by atoms with Crippen molar-refractivity contribution >= 4 is 0 Å². The lowest BCUT2D eigenvalue weighted by Gasteiger charge is -2.20. The molecule has 56 valence electrons. The van der Waals surface area contributed by atoms with Crippen LogP contribution < -0.4 is 0 Å². The summed E-state index contributed by atoms with van der Waals surface area (Å²) in [5.74, 6) is 0. The third-order valence-corrected chi connectivity index (χ3v) is 1.24. The Morgan fingerprint density at radius 3 is 2.44 bits per heavy atom. The van der Waals surface area contributed by atoms with Crippen LogP contribution in [0.2, 0.25) is 0 Å².